The van der Waals surface area contributed by atoms with E-state index >= 15 is 0 Å². The minimum absolute atomic E-state index is 0.246. The molecule has 0 radical (unpaired) electrons. The van der Waals surface area contributed by atoms with Crippen LogP contribution in [0, 0.1) is 0 Å². The van der Waals surface area contributed by atoms with Crippen LogP contribution in [0.2, 0.25) is 0 Å². The largest absolute Gasteiger partial charge is 0.417 e. The van der Waals surface area contributed by atoms with Gasteiger partial charge in [0.05, 0.1) is 11.1 Å². The van der Waals surface area contributed by atoms with Gasteiger partial charge in [-0.25, -0.2) is 0 Å². The summed E-state index contributed by atoms with van der Waals surface area (Å²) in [6.45, 7) is 0. The molecule has 2 rings (SSSR count). The number of alkyl halides is 3. The minimum atomic E-state index is -4.62. The zero-order valence-electron chi connectivity index (χ0n) is 10.5. The molecule has 0 bridgehead atoms. The second-order valence-corrected chi connectivity index (χ2v) is 5.18. The Hall–Kier alpha value is -2.02. The highest BCUT2D eigenvalue weighted by molar-refractivity contribution is 9.10. The molecule has 2 aromatic rings. The zero-order valence-corrected chi connectivity index (χ0v) is 12.1. The second kappa shape index (κ2) is 5.77. The Kier molecular flexibility index (Phi) is 4.22. The molecule has 0 fully saturated rings. The van der Waals surface area contributed by atoms with E-state index in [1.807, 2.05) is 0 Å². The van der Waals surface area contributed by atoms with Crippen molar-refractivity contribution in [3.8, 4) is 0 Å². The van der Waals surface area contributed by atoms with Gasteiger partial charge in [-0.1, -0.05) is 22.0 Å². The lowest BCUT2D eigenvalue weighted by atomic mass is 10.1. The first-order valence-electron chi connectivity index (χ1n) is 5.81. The summed E-state index contributed by atoms with van der Waals surface area (Å²) in [5.74, 6) is -0.847. The highest BCUT2D eigenvalue weighted by Crippen LogP contribution is 2.34. The fourth-order valence-corrected chi connectivity index (χ4v) is 2.12. The summed E-state index contributed by atoms with van der Waals surface area (Å²) in [6, 6.07) is 9.57. The van der Waals surface area contributed by atoms with Crippen molar-refractivity contribution < 1.29 is 18.0 Å². The molecular weight excluding hydrogens is 349 g/mol. The van der Waals surface area contributed by atoms with Gasteiger partial charge in [0.1, 0.15) is 0 Å². The molecular formula is C14H10BrF3N2O. The lowest BCUT2D eigenvalue weighted by Gasteiger charge is -2.13. The molecule has 3 N–H and O–H groups in total. The Morgan fingerprint density at radius 3 is 2.48 bits per heavy atom. The summed E-state index contributed by atoms with van der Waals surface area (Å²) in [6.07, 6.45) is -4.62. The molecule has 7 heteroatoms. The van der Waals surface area contributed by atoms with Gasteiger partial charge in [0.15, 0.2) is 0 Å². The third-order valence-corrected chi connectivity index (χ3v) is 3.17. The van der Waals surface area contributed by atoms with Gasteiger partial charge in [0, 0.05) is 15.8 Å². The van der Waals surface area contributed by atoms with Crippen molar-refractivity contribution in [1.82, 2.24) is 0 Å². The molecule has 0 aliphatic rings. The number of benzene rings is 2. The predicted octanol–water partition coefficient (Wildman–Crippen LogP) is 4.30. The molecule has 0 aliphatic carbocycles. The van der Waals surface area contributed by atoms with Crippen molar-refractivity contribution in [2.45, 2.75) is 6.18 Å². The third kappa shape index (κ3) is 3.75. The first kappa shape index (κ1) is 15.4. The van der Waals surface area contributed by atoms with Gasteiger partial charge in [0.25, 0.3) is 5.91 Å². The van der Waals surface area contributed by atoms with Crippen molar-refractivity contribution in [1.29, 1.82) is 0 Å². The minimum Gasteiger partial charge on any atom is -0.399 e. The summed E-state index contributed by atoms with van der Waals surface area (Å²) >= 11 is 2.97. The van der Waals surface area contributed by atoms with E-state index in [-0.39, 0.29) is 4.47 Å². The van der Waals surface area contributed by atoms with Crippen LogP contribution < -0.4 is 11.1 Å². The maximum absolute atomic E-state index is 13.0. The number of nitrogen functional groups attached to an aromatic ring is 1. The predicted molar refractivity (Wildman–Crippen MR) is 78.0 cm³/mol. The van der Waals surface area contributed by atoms with Crippen LogP contribution >= 0.6 is 15.9 Å². The Balaban J connectivity index is 2.35. The first-order chi connectivity index (χ1) is 9.77. The van der Waals surface area contributed by atoms with E-state index in [4.69, 9.17) is 5.73 Å². The van der Waals surface area contributed by atoms with E-state index in [0.717, 1.165) is 12.1 Å². The molecule has 0 saturated heterocycles. The maximum atomic E-state index is 13.0. The van der Waals surface area contributed by atoms with Crippen molar-refractivity contribution in [3.63, 3.8) is 0 Å². The van der Waals surface area contributed by atoms with E-state index in [0.29, 0.717) is 11.4 Å². The fraction of sp³-hybridized carbons (Fsp3) is 0.0714. The second-order valence-electron chi connectivity index (χ2n) is 4.27. The molecule has 0 aliphatic heterocycles. The van der Waals surface area contributed by atoms with E-state index in [2.05, 4.69) is 21.2 Å². The smallest absolute Gasteiger partial charge is 0.399 e. The van der Waals surface area contributed by atoms with Gasteiger partial charge in [-0.3, -0.25) is 4.79 Å². The van der Waals surface area contributed by atoms with Crippen LogP contribution in [0.5, 0.6) is 0 Å². The third-order valence-electron chi connectivity index (χ3n) is 2.68. The Bertz CT molecular complexity index is 686. The molecule has 0 spiro atoms. The SMILES string of the molecule is Nc1cccc(NC(=O)c2ccc(Br)cc2C(F)(F)F)c1. The Morgan fingerprint density at radius 2 is 1.86 bits per heavy atom. The number of amides is 1. The fourth-order valence-electron chi connectivity index (χ4n) is 1.76. The normalized spacial score (nSPS) is 11.2. The summed E-state index contributed by atoms with van der Waals surface area (Å²) in [5, 5.41) is 2.40. The van der Waals surface area contributed by atoms with Crippen LogP contribution in [0.3, 0.4) is 0 Å². The van der Waals surface area contributed by atoms with Gasteiger partial charge >= 0.3 is 6.18 Å². The number of anilines is 2. The number of carbonyl (C=O) groups excluding carboxylic acids is 1. The topological polar surface area (TPSA) is 55.1 Å². The zero-order chi connectivity index (χ0) is 15.6. The average Bonchev–Trinajstić information content (AvgIpc) is 2.37. The maximum Gasteiger partial charge on any atom is 0.417 e. The monoisotopic (exact) mass is 358 g/mol. The first-order valence-corrected chi connectivity index (χ1v) is 6.60. The molecule has 1 amide bonds. The summed E-state index contributed by atoms with van der Waals surface area (Å²) < 4.78 is 39.2. The summed E-state index contributed by atoms with van der Waals surface area (Å²) in [5.41, 5.74) is 4.83. The van der Waals surface area contributed by atoms with Crippen molar-refractivity contribution in [3.05, 3.63) is 58.1 Å². The number of nitrogens with two attached hydrogens (primary N) is 1. The number of halogens is 4. The highest BCUT2D eigenvalue weighted by Gasteiger charge is 2.35. The quantitative estimate of drug-likeness (QED) is 0.786. The highest BCUT2D eigenvalue weighted by atomic mass is 79.9. The van der Waals surface area contributed by atoms with Crippen molar-refractivity contribution >= 4 is 33.2 Å². The van der Waals surface area contributed by atoms with Crippen LogP contribution in [0.25, 0.3) is 0 Å². The lowest BCUT2D eigenvalue weighted by molar-refractivity contribution is -0.137. The van der Waals surface area contributed by atoms with E-state index < -0.39 is 23.2 Å². The van der Waals surface area contributed by atoms with Gasteiger partial charge in [-0.15, -0.1) is 0 Å². The molecule has 0 unspecified atom stereocenters. The van der Waals surface area contributed by atoms with Crippen LogP contribution in [0.15, 0.2) is 46.9 Å². The van der Waals surface area contributed by atoms with Crippen LogP contribution in [-0.4, -0.2) is 5.91 Å². The van der Waals surface area contributed by atoms with Crippen molar-refractivity contribution in [2.24, 2.45) is 0 Å². The molecule has 2 aromatic carbocycles. The van der Waals surface area contributed by atoms with Crippen LogP contribution in [0.1, 0.15) is 15.9 Å². The van der Waals surface area contributed by atoms with E-state index in [9.17, 15) is 18.0 Å². The average molecular weight is 359 g/mol. The Labute approximate surface area is 127 Å². The van der Waals surface area contributed by atoms with Gasteiger partial charge in [-0.2, -0.15) is 13.2 Å². The molecule has 110 valence electrons. The number of hydrogen-bond acceptors (Lipinski definition) is 2. The van der Waals surface area contributed by atoms with Crippen LogP contribution in [-0.2, 0) is 6.18 Å². The summed E-state index contributed by atoms with van der Waals surface area (Å²) in [7, 11) is 0. The molecule has 0 saturated carbocycles. The molecule has 21 heavy (non-hydrogen) atoms. The molecule has 0 aromatic heterocycles. The molecule has 0 atom stereocenters. The van der Waals surface area contributed by atoms with Gasteiger partial charge in [-0.05, 0) is 36.4 Å². The Morgan fingerprint density at radius 1 is 1.14 bits per heavy atom. The van der Waals surface area contributed by atoms with Crippen molar-refractivity contribution in [2.75, 3.05) is 11.1 Å². The molecule has 3 nitrogen and oxygen atoms in total. The van der Waals surface area contributed by atoms with Gasteiger partial charge < -0.3 is 11.1 Å². The number of carbonyl (C=O) groups is 1. The van der Waals surface area contributed by atoms with Gasteiger partial charge in [0.2, 0.25) is 0 Å². The number of rotatable bonds is 2. The summed E-state index contributed by atoms with van der Waals surface area (Å²) in [4.78, 5) is 12.0. The van der Waals surface area contributed by atoms with E-state index in [1.54, 1.807) is 18.2 Å². The van der Waals surface area contributed by atoms with Crippen LogP contribution in [0.4, 0.5) is 24.5 Å². The number of hydrogen-bond donors (Lipinski definition) is 2. The lowest BCUT2D eigenvalue weighted by Crippen LogP contribution is -2.18. The number of nitrogens with one attached hydrogen (secondary N) is 1. The molecule has 0 heterocycles. The standard InChI is InChI=1S/C14H10BrF3N2O/c15-8-4-5-11(12(6-8)14(16,17)18)13(21)20-10-3-1-2-9(19)7-10/h1-7H,19H2,(H,20,21). The van der Waals surface area contributed by atoms with E-state index in [1.165, 1.54) is 12.1 Å².